The first-order valence-corrected chi connectivity index (χ1v) is 7.34. The Bertz CT molecular complexity index is 414. The summed E-state index contributed by atoms with van der Waals surface area (Å²) in [6, 6.07) is 9.43. The van der Waals surface area contributed by atoms with Crippen LogP contribution < -0.4 is 0 Å². The topological polar surface area (TPSA) is 46.5 Å². The molecule has 0 saturated heterocycles. The number of carbonyl (C=O) groups excluding carboxylic acids is 1. The molecule has 112 valence electrons. The van der Waals surface area contributed by atoms with Crippen molar-refractivity contribution in [2.75, 3.05) is 7.11 Å². The number of hydrogen-bond acceptors (Lipinski definition) is 3. The number of hydrogen-bond donors (Lipinski definition) is 1. The molecule has 0 aliphatic carbocycles. The van der Waals surface area contributed by atoms with Crippen molar-refractivity contribution >= 4 is 5.97 Å². The van der Waals surface area contributed by atoms with Crippen LogP contribution in [0.1, 0.15) is 45.6 Å². The van der Waals surface area contributed by atoms with Gasteiger partial charge in [-0.2, -0.15) is 0 Å². The van der Waals surface area contributed by atoms with Gasteiger partial charge in [0.1, 0.15) is 5.60 Å². The smallest absolute Gasteiger partial charge is 0.311 e. The monoisotopic (exact) mass is 278 g/mol. The fourth-order valence-corrected chi connectivity index (χ4v) is 2.71. The summed E-state index contributed by atoms with van der Waals surface area (Å²) >= 11 is 0. The molecule has 1 rings (SSSR count). The molecule has 3 nitrogen and oxygen atoms in total. The number of methoxy groups -OCH3 is 1. The van der Waals surface area contributed by atoms with E-state index in [4.69, 9.17) is 4.74 Å². The van der Waals surface area contributed by atoms with E-state index in [9.17, 15) is 9.90 Å². The lowest BCUT2D eigenvalue weighted by Gasteiger charge is -2.38. The maximum atomic E-state index is 12.2. The van der Waals surface area contributed by atoms with E-state index in [1.165, 1.54) is 7.11 Å². The van der Waals surface area contributed by atoms with Gasteiger partial charge in [0.2, 0.25) is 0 Å². The maximum Gasteiger partial charge on any atom is 0.311 e. The van der Waals surface area contributed by atoms with Crippen molar-refractivity contribution in [3.8, 4) is 0 Å². The zero-order valence-corrected chi connectivity index (χ0v) is 12.9. The average molecular weight is 278 g/mol. The zero-order chi connectivity index (χ0) is 15.2. The molecule has 0 aliphatic heterocycles. The second kappa shape index (κ2) is 7.44. The number of esters is 1. The summed E-state index contributed by atoms with van der Waals surface area (Å²) in [4.78, 5) is 12.2. The summed E-state index contributed by atoms with van der Waals surface area (Å²) in [6.45, 7) is 5.95. The Morgan fingerprint density at radius 3 is 2.35 bits per heavy atom. The van der Waals surface area contributed by atoms with Crippen LogP contribution in [-0.4, -0.2) is 18.2 Å². The summed E-state index contributed by atoms with van der Waals surface area (Å²) in [5.41, 5.74) is -0.412. The van der Waals surface area contributed by atoms with Crippen LogP contribution in [0.4, 0.5) is 0 Å². The highest BCUT2D eigenvalue weighted by Gasteiger charge is 2.45. The summed E-state index contributed by atoms with van der Waals surface area (Å²) in [6.07, 6.45) is 2.50. The minimum Gasteiger partial charge on any atom is -0.469 e. The molecule has 1 aromatic carbocycles. The standard InChI is InChI=1S/C17H26O3/c1-5-6-12-15(16(18)20-4)17(19,13(2)3)14-10-8-7-9-11-14/h7-11,13,15,19H,5-6,12H2,1-4H3. The van der Waals surface area contributed by atoms with E-state index in [1.807, 2.05) is 44.2 Å². The van der Waals surface area contributed by atoms with Gasteiger partial charge in [0.05, 0.1) is 13.0 Å². The van der Waals surface area contributed by atoms with E-state index >= 15 is 0 Å². The van der Waals surface area contributed by atoms with Gasteiger partial charge in [-0.1, -0.05) is 63.9 Å². The van der Waals surface area contributed by atoms with Crippen LogP contribution in [0, 0.1) is 11.8 Å². The fraction of sp³-hybridized carbons (Fsp3) is 0.588. The molecule has 0 bridgehead atoms. The molecule has 1 N–H and O–H groups in total. The Balaban J connectivity index is 3.22. The van der Waals surface area contributed by atoms with Crippen LogP contribution in [-0.2, 0) is 15.1 Å². The third-order valence-electron chi connectivity index (χ3n) is 3.98. The van der Waals surface area contributed by atoms with Crippen molar-refractivity contribution in [2.45, 2.75) is 45.6 Å². The van der Waals surface area contributed by atoms with Crippen LogP contribution in [0.5, 0.6) is 0 Å². The molecule has 0 fully saturated rings. The molecule has 20 heavy (non-hydrogen) atoms. The quantitative estimate of drug-likeness (QED) is 0.776. The number of carbonyl (C=O) groups is 1. The van der Waals surface area contributed by atoms with Gasteiger partial charge >= 0.3 is 5.97 Å². The Morgan fingerprint density at radius 1 is 1.30 bits per heavy atom. The Kier molecular flexibility index (Phi) is 6.21. The minimum absolute atomic E-state index is 0.0779. The Hall–Kier alpha value is -1.35. The van der Waals surface area contributed by atoms with Gasteiger partial charge in [0, 0.05) is 0 Å². The molecule has 2 unspecified atom stereocenters. The molecule has 2 atom stereocenters. The first-order chi connectivity index (χ1) is 9.48. The van der Waals surface area contributed by atoms with Crippen molar-refractivity contribution in [3.05, 3.63) is 35.9 Å². The summed E-state index contributed by atoms with van der Waals surface area (Å²) in [5, 5.41) is 11.2. The lowest BCUT2D eigenvalue weighted by atomic mass is 9.71. The molecule has 0 spiro atoms. The van der Waals surface area contributed by atoms with E-state index in [1.54, 1.807) is 0 Å². The van der Waals surface area contributed by atoms with Crippen molar-refractivity contribution in [1.82, 2.24) is 0 Å². The van der Waals surface area contributed by atoms with Gasteiger partial charge in [-0.25, -0.2) is 0 Å². The van der Waals surface area contributed by atoms with Gasteiger partial charge in [-0.05, 0) is 17.9 Å². The number of ether oxygens (including phenoxy) is 1. The van der Waals surface area contributed by atoms with E-state index in [0.717, 1.165) is 18.4 Å². The minimum atomic E-state index is -1.19. The third-order valence-corrected chi connectivity index (χ3v) is 3.98. The molecule has 0 heterocycles. The van der Waals surface area contributed by atoms with Crippen LogP contribution in [0.2, 0.25) is 0 Å². The summed E-state index contributed by atoms with van der Waals surface area (Å²) in [7, 11) is 1.38. The van der Waals surface area contributed by atoms with Crippen LogP contribution >= 0.6 is 0 Å². The first-order valence-electron chi connectivity index (χ1n) is 7.34. The molecule has 0 aromatic heterocycles. The molecule has 1 aromatic rings. The van der Waals surface area contributed by atoms with Crippen molar-refractivity contribution in [2.24, 2.45) is 11.8 Å². The van der Waals surface area contributed by atoms with Gasteiger partial charge in [0.15, 0.2) is 0 Å². The highest BCUT2D eigenvalue weighted by molar-refractivity contribution is 5.74. The highest BCUT2D eigenvalue weighted by atomic mass is 16.5. The lowest BCUT2D eigenvalue weighted by Crippen LogP contribution is -2.44. The highest BCUT2D eigenvalue weighted by Crippen LogP contribution is 2.40. The molecular formula is C17H26O3. The SMILES string of the molecule is CCCCC(C(=O)OC)C(O)(c1ccccc1)C(C)C. The van der Waals surface area contributed by atoms with Crippen LogP contribution in [0.25, 0.3) is 0 Å². The Morgan fingerprint density at radius 2 is 1.90 bits per heavy atom. The average Bonchev–Trinajstić information content (AvgIpc) is 2.47. The number of unbranched alkanes of at least 4 members (excludes halogenated alkanes) is 1. The van der Waals surface area contributed by atoms with Gasteiger partial charge in [-0.15, -0.1) is 0 Å². The fourth-order valence-electron chi connectivity index (χ4n) is 2.71. The molecule has 0 aliphatic rings. The van der Waals surface area contributed by atoms with E-state index in [-0.39, 0.29) is 11.9 Å². The van der Waals surface area contributed by atoms with Gasteiger partial charge < -0.3 is 9.84 Å². The zero-order valence-electron chi connectivity index (χ0n) is 12.9. The Labute approximate surface area is 122 Å². The third kappa shape index (κ3) is 3.40. The van der Waals surface area contributed by atoms with E-state index in [0.29, 0.717) is 6.42 Å². The predicted octanol–water partition coefficient (Wildman–Crippen LogP) is 3.51. The number of aliphatic hydroxyl groups is 1. The van der Waals surface area contributed by atoms with Crippen molar-refractivity contribution in [3.63, 3.8) is 0 Å². The van der Waals surface area contributed by atoms with E-state index in [2.05, 4.69) is 6.92 Å². The van der Waals surface area contributed by atoms with Crippen LogP contribution in [0.15, 0.2) is 30.3 Å². The molecule has 3 heteroatoms. The number of rotatable bonds is 7. The van der Waals surface area contributed by atoms with Gasteiger partial charge in [0.25, 0.3) is 0 Å². The second-order valence-corrected chi connectivity index (χ2v) is 5.56. The van der Waals surface area contributed by atoms with Crippen molar-refractivity contribution in [1.29, 1.82) is 0 Å². The molecular weight excluding hydrogens is 252 g/mol. The normalized spacial score (nSPS) is 15.7. The summed E-state index contributed by atoms with van der Waals surface area (Å²) in [5.74, 6) is -0.945. The largest absolute Gasteiger partial charge is 0.469 e. The number of benzene rings is 1. The van der Waals surface area contributed by atoms with Crippen LogP contribution in [0.3, 0.4) is 0 Å². The van der Waals surface area contributed by atoms with E-state index < -0.39 is 11.5 Å². The summed E-state index contributed by atoms with van der Waals surface area (Å²) < 4.78 is 4.93. The maximum absolute atomic E-state index is 12.2. The van der Waals surface area contributed by atoms with Gasteiger partial charge in [-0.3, -0.25) is 4.79 Å². The predicted molar refractivity (Wildman–Crippen MR) is 80.2 cm³/mol. The lowest BCUT2D eigenvalue weighted by molar-refractivity contribution is -0.162. The molecule has 0 amide bonds. The van der Waals surface area contributed by atoms with Crippen molar-refractivity contribution < 1.29 is 14.6 Å². The molecule has 0 radical (unpaired) electrons. The molecule has 0 saturated carbocycles. The first kappa shape index (κ1) is 16.7. The second-order valence-electron chi connectivity index (χ2n) is 5.56.